The molecular formula is C10H18F3NO2S. The first kappa shape index (κ1) is 14.8. The van der Waals surface area contributed by atoms with Gasteiger partial charge in [-0.15, -0.1) is 0 Å². The van der Waals surface area contributed by atoms with E-state index in [0.717, 1.165) is 0 Å². The van der Waals surface area contributed by atoms with E-state index >= 15 is 0 Å². The Kier molecular flexibility index (Phi) is 3.58. The maximum Gasteiger partial charge on any atom is 0.406 e. The Balaban J connectivity index is 2.51. The number of sulfone groups is 1. The molecule has 0 spiro atoms. The summed E-state index contributed by atoms with van der Waals surface area (Å²) in [5, 5.41) is 2.33. The fourth-order valence-corrected chi connectivity index (χ4v) is 2.40. The van der Waals surface area contributed by atoms with Gasteiger partial charge in [-0.2, -0.15) is 13.2 Å². The summed E-state index contributed by atoms with van der Waals surface area (Å²) in [6.45, 7) is 4.47. The number of hydrogen-bond donors (Lipinski definition) is 1. The standard InChI is InChI=1S/C10H18F3NO2S/c1-8(2,3)17(15,16)7-6-14-9(4-5-9)10(11,12)13/h14H,4-7H2,1-3H3. The number of hydrogen-bond acceptors (Lipinski definition) is 3. The molecule has 1 aliphatic rings. The molecule has 0 radical (unpaired) electrons. The van der Waals surface area contributed by atoms with Crippen molar-refractivity contribution in [2.45, 2.75) is 50.1 Å². The van der Waals surface area contributed by atoms with Crippen LogP contribution in [0.3, 0.4) is 0 Å². The van der Waals surface area contributed by atoms with E-state index in [0.29, 0.717) is 0 Å². The third-order valence-electron chi connectivity index (χ3n) is 3.06. The van der Waals surface area contributed by atoms with E-state index in [1.54, 1.807) is 20.8 Å². The molecule has 1 rings (SSSR count). The molecule has 1 N–H and O–H groups in total. The molecular weight excluding hydrogens is 255 g/mol. The summed E-state index contributed by atoms with van der Waals surface area (Å²) < 4.78 is 60.1. The van der Waals surface area contributed by atoms with Crippen molar-refractivity contribution in [1.29, 1.82) is 0 Å². The highest BCUT2D eigenvalue weighted by Gasteiger charge is 2.62. The maximum atomic E-state index is 12.5. The molecule has 3 nitrogen and oxygen atoms in total. The maximum absolute atomic E-state index is 12.5. The van der Waals surface area contributed by atoms with Crippen LogP contribution in [0, 0.1) is 0 Å². The van der Waals surface area contributed by atoms with Gasteiger partial charge in [-0.3, -0.25) is 0 Å². The second-order valence-corrected chi connectivity index (χ2v) is 8.30. The van der Waals surface area contributed by atoms with Gasteiger partial charge in [0.25, 0.3) is 0 Å². The van der Waals surface area contributed by atoms with Crippen molar-refractivity contribution in [2.24, 2.45) is 0 Å². The largest absolute Gasteiger partial charge is 0.406 e. The van der Waals surface area contributed by atoms with Gasteiger partial charge in [-0.25, -0.2) is 8.42 Å². The zero-order chi connectivity index (χ0) is 13.5. The van der Waals surface area contributed by atoms with Crippen LogP contribution in [0.2, 0.25) is 0 Å². The summed E-state index contributed by atoms with van der Waals surface area (Å²) in [5.41, 5.74) is -1.83. The second-order valence-electron chi connectivity index (χ2n) is 5.44. The van der Waals surface area contributed by atoms with Crippen LogP contribution in [0.5, 0.6) is 0 Å². The Labute approximate surface area is 99.7 Å². The average Bonchev–Trinajstić information content (AvgIpc) is 2.81. The molecule has 17 heavy (non-hydrogen) atoms. The zero-order valence-corrected chi connectivity index (χ0v) is 11.0. The normalized spacial score (nSPS) is 20.4. The summed E-state index contributed by atoms with van der Waals surface area (Å²) >= 11 is 0. The van der Waals surface area contributed by atoms with Crippen LogP contribution in [0.1, 0.15) is 33.6 Å². The first-order chi connectivity index (χ1) is 7.41. The molecule has 0 atom stereocenters. The van der Waals surface area contributed by atoms with Crippen molar-refractivity contribution >= 4 is 9.84 Å². The van der Waals surface area contributed by atoms with Gasteiger partial charge >= 0.3 is 6.18 Å². The lowest BCUT2D eigenvalue weighted by Crippen LogP contribution is -2.47. The number of alkyl halides is 3. The lowest BCUT2D eigenvalue weighted by atomic mass is 10.2. The van der Waals surface area contributed by atoms with E-state index in [1.165, 1.54) is 0 Å². The van der Waals surface area contributed by atoms with E-state index < -0.39 is 26.3 Å². The average molecular weight is 273 g/mol. The topological polar surface area (TPSA) is 46.2 Å². The van der Waals surface area contributed by atoms with Crippen molar-refractivity contribution in [3.8, 4) is 0 Å². The summed E-state index contributed by atoms with van der Waals surface area (Å²) in [6, 6.07) is 0. The monoisotopic (exact) mass is 273 g/mol. The molecule has 0 aromatic carbocycles. The van der Waals surface area contributed by atoms with Crippen molar-refractivity contribution in [2.75, 3.05) is 12.3 Å². The van der Waals surface area contributed by atoms with E-state index in [4.69, 9.17) is 0 Å². The van der Waals surface area contributed by atoms with Crippen LogP contribution in [-0.4, -0.2) is 37.2 Å². The first-order valence-corrected chi connectivity index (χ1v) is 7.11. The fourth-order valence-electron chi connectivity index (χ4n) is 1.42. The number of halogens is 3. The molecule has 0 saturated heterocycles. The van der Waals surface area contributed by atoms with Gasteiger partial charge in [0.1, 0.15) is 5.54 Å². The predicted octanol–water partition coefficient (Wildman–Crippen LogP) is 1.88. The molecule has 7 heteroatoms. The van der Waals surface area contributed by atoms with E-state index in [2.05, 4.69) is 5.32 Å². The van der Waals surface area contributed by atoms with Gasteiger partial charge in [0.05, 0.1) is 10.5 Å². The molecule has 0 unspecified atom stereocenters. The molecule has 0 heterocycles. The van der Waals surface area contributed by atoms with Crippen molar-refractivity contribution < 1.29 is 21.6 Å². The summed E-state index contributed by atoms with van der Waals surface area (Å²) in [6.07, 6.45) is -4.23. The van der Waals surface area contributed by atoms with Crippen LogP contribution in [0.25, 0.3) is 0 Å². The van der Waals surface area contributed by atoms with Crippen molar-refractivity contribution in [3.63, 3.8) is 0 Å². The van der Waals surface area contributed by atoms with Gasteiger partial charge in [-0.05, 0) is 33.6 Å². The highest BCUT2D eigenvalue weighted by molar-refractivity contribution is 7.92. The minimum Gasteiger partial charge on any atom is -0.303 e. The van der Waals surface area contributed by atoms with Crippen LogP contribution >= 0.6 is 0 Å². The molecule has 0 amide bonds. The van der Waals surface area contributed by atoms with Crippen molar-refractivity contribution in [1.82, 2.24) is 5.32 Å². The van der Waals surface area contributed by atoms with Gasteiger partial charge in [0, 0.05) is 6.54 Å². The number of rotatable bonds is 4. The molecule has 1 aliphatic carbocycles. The lowest BCUT2D eigenvalue weighted by molar-refractivity contribution is -0.165. The molecule has 0 aromatic rings. The summed E-state index contributed by atoms with van der Waals surface area (Å²) in [7, 11) is -3.37. The highest BCUT2D eigenvalue weighted by atomic mass is 32.2. The van der Waals surface area contributed by atoms with Crippen LogP contribution in [0.15, 0.2) is 0 Å². The van der Waals surface area contributed by atoms with Crippen LogP contribution in [0.4, 0.5) is 13.2 Å². The molecule has 1 fully saturated rings. The first-order valence-electron chi connectivity index (χ1n) is 5.45. The Morgan fingerprint density at radius 3 is 1.94 bits per heavy atom. The van der Waals surface area contributed by atoms with Gasteiger partial charge in [0.15, 0.2) is 9.84 Å². The molecule has 1 saturated carbocycles. The van der Waals surface area contributed by atoms with Gasteiger partial charge < -0.3 is 5.32 Å². The van der Waals surface area contributed by atoms with Gasteiger partial charge in [-0.1, -0.05) is 0 Å². The third-order valence-corrected chi connectivity index (χ3v) is 5.67. The smallest absolute Gasteiger partial charge is 0.303 e. The molecule has 102 valence electrons. The van der Waals surface area contributed by atoms with E-state index in [-0.39, 0.29) is 25.1 Å². The second kappa shape index (κ2) is 4.12. The molecule has 0 aromatic heterocycles. The van der Waals surface area contributed by atoms with Crippen molar-refractivity contribution in [3.05, 3.63) is 0 Å². The third kappa shape index (κ3) is 3.13. The minimum atomic E-state index is -4.29. The fraction of sp³-hybridized carbons (Fsp3) is 1.00. The number of nitrogens with one attached hydrogen (secondary N) is 1. The van der Waals surface area contributed by atoms with Crippen LogP contribution in [-0.2, 0) is 9.84 Å². The lowest BCUT2D eigenvalue weighted by Gasteiger charge is -2.23. The minimum absolute atomic E-state index is 0.0338. The summed E-state index contributed by atoms with van der Waals surface area (Å²) in [4.78, 5) is 0. The van der Waals surface area contributed by atoms with Gasteiger partial charge in [0.2, 0.25) is 0 Å². The van der Waals surface area contributed by atoms with E-state index in [1.807, 2.05) is 0 Å². The zero-order valence-electron chi connectivity index (χ0n) is 10.2. The Bertz CT molecular complexity index is 377. The highest BCUT2D eigenvalue weighted by Crippen LogP contribution is 2.48. The Hall–Kier alpha value is -0.300. The SMILES string of the molecule is CC(C)(C)S(=O)(=O)CCNC1(C(F)(F)F)CC1. The predicted molar refractivity (Wildman–Crippen MR) is 59.6 cm³/mol. The Morgan fingerprint density at radius 1 is 1.18 bits per heavy atom. The quantitative estimate of drug-likeness (QED) is 0.850. The van der Waals surface area contributed by atoms with Crippen LogP contribution < -0.4 is 5.32 Å². The summed E-state index contributed by atoms with van der Waals surface area (Å²) in [5.74, 6) is -0.270. The Morgan fingerprint density at radius 2 is 1.65 bits per heavy atom. The van der Waals surface area contributed by atoms with E-state index in [9.17, 15) is 21.6 Å². The molecule has 0 bridgehead atoms. The molecule has 0 aliphatic heterocycles.